The van der Waals surface area contributed by atoms with Gasteiger partial charge in [-0.25, -0.2) is 4.98 Å². The van der Waals surface area contributed by atoms with Crippen LogP contribution < -0.4 is 10.6 Å². The molecule has 1 aromatic heterocycles. The Morgan fingerprint density at radius 1 is 1.23 bits per heavy atom. The van der Waals surface area contributed by atoms with E-state index in [9.17, 15) is 19.5 Å². The minimum Gasteiger partial charge on any atom is -0.369 e. The highest BCUT2D eigenvalue weighted by molar-refractivity contribution is 5.98. The van der Waals surface area contributed by atoms with E-state index in [1.807, 2.05) is 0 Å². The van der Waals surface area contributed by atoms with Crippen LogP contribution in [0, 0.1) is 11.8 Å². The number of primary amides is 1. The molecule has 2 saturated heterocycles. The molecule has 3 N–H and O–H groups in total. The van der Waals surface area contributed by atoms with Crippen molar-refractivity contribution in [2.45, 2.75) is 24.9 Å². The fourth-order valence-electron chi connectivity index (χ4n) is 3.77. The second kappa shape index (κ2) is 7.85. The highest BCUT2D eigenvalue weighted by atomic mass is 16.3. The molecule has 8 heteroatoms. The largest absolute Gasteiger partial charge is 0.369 e. The Labute approximate surface area is 179 Å². The minimum atomic E-state index is -1.68. The molecule has 0 aliphatic carbocycles. The summed E-state index contributed by atoms with van der Waals surface area (Å²) in [6.45, 7) is 1.03. The number of nitrogens with two attached hydrogens (primary N) is 1. The summed E-state index contributed by atoms with van der Waals surface area (Å²) in [7, 11) is 1.63. The number of aromatic nitrogens is 1. The van der Waals surface area contributed by atoms with Crippen molar-refractivity contribution in [2.75, 3.05) is 25.0 Å². The standard InChI is InChI=1S/C23H22N4O4/c1-26-11-9-23(31,22(26)30)8-7-15-4-2-5-16(12-15)18-13-17(14-19(25-18)21(24)29)27-10-3-6-20(27)28/h2,4-5,12-14,31H,3,6,9-11H2,1H3,(H2,24,29). The molecule has 8 nitrogen and oxygen atoms in total. The topological polar surface area (TPSA) is 117 Å². The average Bonchev–Trinajstić information content (AvgIpc) is 3.31. The monoisotopic (exact) mass is 418 g/mol. The Balaban J connectivity index is 1.70. The third-order valence-corrected chi connectivity index (χ3v) is 5.53. The first-order chi connectivity index (χ1) is 14.8. The molecule has 31 heavy (non-hydrogen) atoms. The maximum Gasteiger partial charge on any atom is 0.267 e. The fraction of sp³-hybridized carbons (Fsp3) is 0.304. The molecule has 0 radical (unpaired) electrons. The van der Waals surface area contributed by atoms with Crippen molar-refractivity contribution >= 4 is 23.4 Å². The van der Waals surface area contributed by atoms with E-state index in [0.29, 0.717) is 42.0 Å². The molecule has 3 amide bonds. The second-order valence-corrected chi connectivity index (χ2v) is 7.78. The van der Waals surface area contributed by atoms with E-state index >= 15 is 0 Å². The van der Waals surface area contributed by atoms with Crippen molar-refractivity contribution in [1.82, 2.24) is 9.88 Å². The molecule has 2 aromatic rings. The van der Waals surface area contributed by atoms with Crippen molar-refractivity contribution < 1.29 is 19.5 Å². The predicted octanol–water partition coefficient (Wildman–Crippen LogP) is 0.919. The lowest BCUT2D eigenvalue weighted by molar-refractivity contribution is -0.137. The van der Waals surface area contributed by atoms with Crippen molar-refractivity contribution in [3.05, 3.63) is 47.7 Å². The van der Waals surface area contributed by atoms with Crippen LogP contribution in [0.5, 0.6) is 0 Å². The van der Waals surface area contributed by atoms with Crippen LogP contribution >= 0.6 is 0 Å². The van der Waals surface area contributed by atoms with Crippen LogP contribution in [0.4, 0.5) is 5.69 Å². The number of likely N-dealkylation sites (N-methyl/N-ethyl adjacent to an activating group) is 1. The smallest absolute Gasteiger partial charge is 0.267 e. The number of aliphatic hydroxyl groups is 1. The quantitative estimate of drug-likeness (QED) is 0.719. The summed E-state index contributed by atoms with van der Waals surface area (Å²) in [5.74, 6) is 4.46. The zero-order valence-electron chi connectivity index (χ0n) is 17.1. The lowest BCUT2D eigenvalue weighted by Crippen LogP contribution is -2.37. The molecule has 4 rings (SSSR count). The summed E-state index contributed by atoms with van der Waals surface area (Å²) in [5, 5.41) is 10.5. The van der Waals surface area contributed by atoms with E-state index in [1.165, 1.54) is 11.0 Å². The number of carbonyl (C=O) groups is 3. The molecule has 0 bridgehead atoms. The summed E-state index contributed by atoms with van der Waals surface area (Å²) < 4.78 is 0. The van der Waals surface area contributed by atoms with Gasteiger partial charge in [0.1, 0.15) is 5.69 Å². The maximum absolute atomic E-state index is 12.2. The molecule has 2 aliphatic rings. The molecular weight excluding hydrogens is 396 g/mol. The number of anilines is 1. The molecule has 1 unspecified atom stereocenters. The van der Waals surface area contributed by atoms with Crippen molar-refractivity contribution in [1.29, 1.82) is 0 Å². The molecule has 0 saturated carbocycles. The summed E-state index contributed by atoms with van der Waals surface area (Å²) in [6.07, 6.45) is 1.47. The SMILES string of the molecule is CN1CCC(O)(C#Cc2cccc(-c3cc(N4CCCC4=O)cc(C(N)=O)n3)c2)C1=O. The van der Waals surface area contributed by atoms with E-state index < -0.39 is 17.4 Å². The third-order valence-electron chi connectivity index (χ3n) is 5.53. The van der Waals surface area contributed by atoms with E-state index in [1.54, 1.807) is 42.3 Å². The lowest BCUT2D eigenvalue weighted by atomic mass is 10.0. The average molecular weight is 418 g/mol. The highest BCUT2D eigenvalue weighted by Crippen LogP contribution is 2.28. The van der Waals surface area contributed by atoms with Crippen LogP contribution in [0.1, 0.15) is 35.3 Å². The molecule has 0 spiro atoms. The van der Waals surface area contributed by atoms with Gasteiger partial charge in [-0.05, 0) is 30.7 Å². The minimum absolute atomic E-state index is 0.00775. The predicted molar refractivity (Wildman–Crippen MR) is 114 cm³/mol. The molecule has 1 atom stereocenters. The van der Waals surface area contributed by atoms with Crippen LogP contribution in [0.3, 0.4) is 0 Å². The first-order valence-electron chi connectivity index (χ1n) is 10.0. The summed E-state index contributed by atoms with van der Waals surface area (Å²) in [5.41, 5.74) is 6.15. The molecule has 1 aromatic carbocycles. The van der Waals surface area contributed by atoms with Crippen LogP contribution in [-0.4, -0.2) is 58.5 Å². The molecule has 2 aliphatic heterocycles. The summed E-state index contributed by atoms with van der Waals surface area (Å²) >= 11 is 0. The summed E-state index contributed by atoms with van der Waals surface area (Å²) in [6, 6.07) is 10.3. The van der Waals surface area contributed by atoms with Gasteiger partial charge in [0, 0.05) is 49.8 Å². The third kappa shape index (κ3) is 4.00. The van der Waals surface area contributed by atoms with Gasteiger partial charge in [-0.1, -0.05) is 24.0 Å². The fourth-order valence-corrected chi connectivity index (χ4v) is 3.77. The van der Waals surface area contributed by atoms with E-state index in [2.05, 4.69) is 16.8 Å². The van der Waals surface area contributed by atoms with Gasteiger partial charge < -0.3 is 20.6 Å². The van der Waals surface area contributed by atoms with Gasteiger partial charge in [-0.2, -0.15) is 0 Å². The van der Waals surface area contributed by atoms with E-state index in [4.69, 9.17) is 5.73 Å². The number of benzene rings is 1. The van der Waals surface area contributed by atoms with Crippen LogP contribution in [-0.2, 0) is 9.59 Å². The second-order valence-electron chi connectivity index (χ2n) is 7.78. The van der Waals surface area contributed by atoms with Gasteiger partial charge >= 0.3 is 0 Å². The first kappa shape index (κ1) is 20.6. The normalized spacial score (nSPS) is 20.7. The van der Waals surface area contributed by atoms with Crippen molar-refractivity contribution in [3.8, 4) is 23.1 Å². The Kier molecular flexibility index (Phi) is 5.21. The van der Waals surface area contributed by atoms with Gasteiger partial charge in [0.2, 0.25) is 11.5 Å². The Morgan fingerprint density at radius 2 is 2.03 bits per heavy atom. The van der Waals surface area contributed by atoms with Gasteiger partial charge in [0.15, 0.2) is 0 Å². The number of likely N-dealkylation sites (tertiary alicyclic amines) is 1. The highest BCUT2D eigenvalue weighted by Gasteiger charge is 2.42. The number of nitrogens with zero attached hydrogens (tertiary/aromatic N) is 3. The Bertz CT molecular complexity index is 1150. The Hall–Kier alpha value is -3.70. The lowest BCUT2D eigenvalue weighted by Gasteiger charge is -2.17. The number of pyridine rings is 1. The zero-order valence-corrected chi connectivity index (χ0v) is 17.1. The number of rotatable bonds is 3. The van der Waals surface area contributed by atoms with Gasteiger partial charge in [0.05, 0.1) is 5.69 Å². The van der Waals surface area contributed by atoms with Gasteiger partial charge in [-0.3, -0.25) is 14.4 Å². The number of hydrogen-bond donors (Lipinski definition) is 2. The van der Waals surface area contributed by atoms with Crippen molar-refractivity contribution in [2.24, 2.45) is 5.73 Å². The van der Waals surface area contributed by atoms with E-state index in [-0.39, 0.29) is 18.0 Å². The van der Waals surface area contributed by atoms with E-state index in [0.717, 1.165) is 6.42 Å². The van der Waals surface area contributed by atoms with Crippen LogP contribution in [0.25, 0.3) is 11.3 Å². The molecule has 3 heterocycles. The van der Waals surface area contributed by atoms with Gasteiger partial charge in [-0.15, -0.1) is 0 Å². The summed E-state index contributed by atoms with van der Waals surface area (Å²) in [4.78, 5) is 43.5. The zero-order chi connectivity index (χ0) is 22.2. The van der Waals surface area contributed by atoms with Gasteiger partial charge in [0.25, 0.3) is 11.8 Å². The number of amides is 3. The number of hydrogen-bond acceptors (Lipinski definition) is 5. The van der Waals surface area contributed by atoms with Crippen LogP contribution in [0.15, 0.2) is 36.4 Å². The maximum atomic E-state index is 12.2. The molecular formula is C23H22N4O4. The van der Waals surface area contributed by atoms with Crippen LogP contribution in [0.2, 0.25) is 0 Å². The molecule has 158 valence electrons. The molecule has 2 fully saturated rings. The van der Waals surface area contributed by atoms with Crippen molar-refractivity contribution in [3.63, 3.8) is 0 Å². The first-order valence-corrected chi connectivity index (χ1v) is 10.0. The number of carbonyl (C=O) groups excluding carboxylic acids is 3. The Morgan fingerprint density at radius 3 is 2.68 bits per heavy atom.